The second-order valence-corrected chi connectivity index (χ2v) is 6.78. The summed E-state index contributed by atoms with van der Waals surface area (Å²) in [5.41, 5.74) is 0. The second kappa shape index (κ2) is 10.1. The van der Waals surface area contributed by atoms with Crippen LogP contribution in [-0.2, 0) is 9.53 Å². The molecule has 0 saturated carbocycles. The van der Waals surface area contributed by atoms with Crippen molar-refractivity contribution in [2.75, 3.05) is 46.5 Å². The summed E-state index contributed by atoms with van der Waals surface area (Å²) < 4.78 is 10.7. The van der Waals surface area contributed by atoms with Crippen LogP contribution in [0.3, 0.4) is 0 Å². The molecule has 1 heterocycles. The summed E-state index contributed by atoms with van der Waals surface area (Å²) in [6, 6.07) is 5.20. The van der Waals surface area contributed by atoms with E-state index < -0.39 is 0 Å². The Morgan fingerprint density at radius 1 is 1.25 bits per heavy atom. The van der Waals surface area contributed by atoms with E-state index in [4.69, 9.17) is 32.7 Å². The quantitative estimate of drug-likeness (QED) is 0.710. The Kier molecular flexibility index (Phi) is 8.12. The van der Waals surface area contributed by atoms with E-state index in [1.54, 1.807) is 25.3 Å². The molecule has 1 fully saturated rings. The molecular formula is C17H24Cl2N2O3. The van der Waals surface area contributed by atoms with Crippen LogP contribution < -0.4 is 10.1 Å². The normalized spacial score (nSPS) is 15.5. The number of piperidine rings is 1. The minimum Gasteiger partial charge on any atom is -0.493 e. The number of hydrogen-bond acceptors (Lipinski definition) is 4. The Hall–Kier alpha value is -1.01. The molecule has 0 unspecified atom stereocenters. The highest BCUT2D eigenvalue weighted by Crippen LogP contribution is 2.25. The zero-order valence-electron chi connectivity index (χ0n) is 13.9. The lowest BCUT2D eigenvalue weighted by atomic mass is 9.98. The summed E-state index contributed by atoms with van der Waals surface area (Å²) in [6.07, 6.45) is 1.89. The Morgan fingerprint density at radius 2 is 1.92 bits per heavy atom. The van der Waals surface area contributed by atoms with E-state index in [-0.39, 0.29) is 5.91 Å². The average molecular weight is 375 g/mol. The molecule has 134 valence electrons. The largest absolute Gasteiger partial charge is 0.493 e. The molecule has 1 N–H and O–H groups in total. The van der Waals surface area contributed by atoms with Crippen LogP contribution in [-0.4, -0.2) is 57.3 Å². The van der Waals surface area contributed by atoms with Gasteiger partial charge in [0.1, 0.15) is 5.75 Å². The zero-order chi connectivity index (χ0) is 17.4. The van der Waals surface area contributed by atoms with Crippen molar-refractivity contribution in [1.82, 2.24) is 10.2 Å². The van der Waals surface area contributed by atoms with Gasteiger partial charge in [-0.3, -0.25) is 4.79 Å². The number of likely N-dealkylation sites (tertiary alicyclic amines) is 1. The Labute approximate surface area is 153 Å². The van der Waals surface area contributed by atoms with Crippen molar-refractivity contribution < 1.29 is 14.3 Å². The molecule has 1 aromatic carbocycles. The smallest absolute Gasteiger partial charge is 0.236 e. The fourth-order valence-electron chi connectivity index (χ4n) is 2.66. The van der Waals surface area contributed by atoms with Gasteiger partial charge in [-0.2, -0.15) is 0 Å². The van der Waals surface area contributed by atoms with Crippen LogP contribution in [0.2, 0.25) is 10.0 Å². The van der Waals surface area contributed by atoms with Crippen LogP contribution in [0.5, 0.6) is 5.75 Å². The Balaban J connectivity index is 1.68. The monoisotopic (exact) mass is 374 g/mol. The average Bonchev–Trinajstić information content (AvgIpc) is 2.56. The van der Waals surface area contributed by atoms with E-state index in [2.05, 4.69) is 5.32 Å². The van der Waals surface area contributed by atoms with Gasteiger partial charge < -0.3 is 19.7 Å². The molecule has 1 aromatic rings. The van der Waals surface area contributed by atoms with Crippen LogP contribution in [0, 0.1) is 5.92 Å². The molecule has 2 rings (SSSR count). The van der Waals surface area contributed by atoms with Crippen LogP contribution in [0.4, 0.5) is 0 Å². The first-order chi connectivity index (χ1) is 11.6. The summed E-state index contributed by atoms with van der Waals surface area (Å²) in [5.74, 6) is 1.27. The van der Waals surface area contributed by atoms with Crippen LogP contribution in [0.1, 0.15) is 12.8 Å². The van der Waals surface area contributed by atoms with Crippen molar-refractivity contribution in [3.8, 4) is 5.75 Å². The van der Waals surface area contributed by atoms with Gasteiger partial charge in [0.2, 0.25) is 5.91 Å². The van der Waals surface area contributed by atoms with Crippen molar-refractivity contribution in [3.63, 3.8) is 0 Å². The van der Waals surface area contributed by atoms with E-state index in [0.717, 1.165) is 25.9 Å². The Bertz CT molecular complexity index is 514. The van der Waals surface area contributed by atoms with Crippen molar-refractivity contribution in [3.05, 3.63) is 28.2 Å². The maximum absolute atomic E-state index is 12.1. The third-order valence-corrected chi connectivity index (χ3v) is 4.48. The van der Waals surface area contributed by atoms with Gasteiger partial charge in [0, 0.05) is 36.8 Å². The third-order valence-electron chi connectivity index (χ3n) is 4.05. The number of amides is 1. The molecule has 5 nitrogen and oxygen atoms in total. The number of carbonyl (C=O) groups is 1. The molecular weight excluding hydrogens is 351 g/mol. The molecule has 0 spiro atoms. The van der Waals surface area contributed by atoms with Gasteiger partial charge in [-0.15, -0.1) is 0 Å². The minimum atomic E-state index is 0.145. The highest BCUT2D eigenvalue weighted by Gasteiger charge is 2.22. The zero-order valence-corrected chi connectivity index (χ0v) is 15.4. The first kappa shape index (κ1) is 19.3. The number of nitrogens with zero attached hydrogens (tertiary/aromatic N) is 1. The van der Waals surface area contributed by atoms with Crippen LogP contribution in [0.15, 0.2) is 18.2 Å². The molecule has 24 heavy (non-hydrogen) atoms. The molecule has 0 atom stereocenters. The standard InChI is InChI=1S/C17H24Cl2N2O3/c1-23-7-4-20-11-17(22)21-5-2-13(3-6-21)12-24-16-9-14(18)8-15(19)10-16/h8-10,13,20H,2-7,11-12H2,1H3. The molecule has 0 radical (unpaired) electrons. The van der Waals surface area contributed by atoms with E-state index >= 15 is 0 Å². The number of rotatable bonds is 8. The van der Waals surface area contributed by atoms with Crippen molar-refractivity contribution in [1.29, 1.82) is 0 Å². The lowest BCUT2D eigenvalue weighted by molar-refractivity contribution is -0.131. The molecule has 1 saturated heterocycles. The first-order valence-corrected chi connectivity index (χ1v) is 8.90. The topological polar surface area (TPSA) is 50.8 Å². The molecule has 1 aliphatic rings. The number of nitrogens with one attached hydrogen (secondary N) is 1. The molecule has 7 heteroatoms. The predicted octanol–water partition coefficient (Wildman–Crippen LogP) is 2.85. The predicted molar refractivity (Wildman–Crippen MR) is 96.0 cm³/mol. The van der Waals surface area contributed by atoms with Crippen LogP contribution >= 0.6 is 23.2 Å². The lowest BCUT2D eigenvalue weighted by Gasteiger charge is -2.32. The molecule has 0 aliphatic carbocycles. The summed E-state index contributed by atoms with van der Waals surface area (Å²) in [6.45, 7) is 3.83. The van der Waals surface area contributed by atoms with Gasteiger partial charge in [-0.1, -0.05) is 23.2 Å². The fraction of sp³-hybridized carbons (Fsp3) is 0.588. The highest BCUT2D eigenvalue weighted by atomic mass is 35.5. The number of hydrogen-bond donors (Lipinski definition) is 1. The van der Waals surface area contributed by atoms with Gasteiger partial charge in [0.25, 0.3) is 0 Å². The first-order valence-electron chi connectivity index (χ1n) is 8.15. The van der Waals surface area contributed by atoms with E-state index in [9.17, 15) is 4.79 Å². The summed E-state index contributed by atoms with van der Waals surface area (Å²) in [7, 11) is 1.65. The van der Waals surface area contributed by atoms with E-state index in [1.807, 2.05) is 4.90 Å². The van der Waals surface area contributed by atoms with Crippen molar-refractivity contribution in [2.45, 2.75) is 12.8 Å². The maximum atomic E-state index is 12.1. The number of benzene rings is 1. The van der Waals surface area contributed by atoms with Gasteiger partial charge in [-0.05, 0) is 37.0 Å². The van der Waals surface area contributed by atoms with Gasteiger partial charge >= 0.3 is 0 Å². The molecule has 0 bridgehead atoms. The van der Waals surface area contributed by atoms with E-state index in [1.165, 1.54) is 0 Å². The molecule has 1 amide bonds. The maximum Gasteiger partial charge on any atom is 0.236 e. The van der Waals surface area contributed by atoms with Gasteiger partial charge in [0.05, 0.1) is 19.8 Å². The fourth-order valence-corrected chi connectivity index (χ4v) is 3.16. The third kappa shape index (κ3) is 6.48. The SMILES string of the molecule is COCCNCC(=O)N1CCC(COc2cc(Cl)cc(Cl)c2)CC1. The second-order valence-electron chi connectivity index (χ2n) is 5.91. The summed E-state index contributed by atoms with van der Waals surface area (Å²) >= 11 is 11.9. The van der Waals surface area contributed by atoms with Crippen molar-refractivity contribution in [2.24, 2.45) is 5.92 Å². The number of methoxy groups -OCH3 is 1. The highest BCUT2D eigenvalue weighted by molar-refractivity contribution is 6.34. The number of carbonyl (C=O) groups excluding carboxylic acids is 1. The Morgan fingerprint density at radius 3 is 2.54 bits per heavy atom. The number of ether oxygens (including phenoxy) is 2. The van der Waals surface area contributed by atoms with Crippen LogP contribution in [0.25, 0.3) is 0 Å². The summed E-state index contributed by atoms with van der Waals surface area (Å²) in [5, 5.41) is 4.22. The van der Waals surface area contributed by atoms with E-state index in [0.29, 0.717) is 48.0 Å². The van der Waals surface area contributed by atoms with Gasteiger partial charge in [0.15, 0.2) is 0 Å². The summed E-state index contributed by atoms with van der Waals surface area (Å²) in [4.78, 5) is 14.0. The lowest BCUT2D eigenvalue weighted by Crippen LogP contribution is -2.44. The van der Waals surface area contributed by atoms with Gasteiger partial charge in [-0.25, -0.2) is 0 Å². The molecule has 1 aliphatic heterocycles. The molecule has 0 aromatic heterocycles. The minimum absolute atomic E-state index is 0.145. The number of halogens is 2. The van der Waals surface area contributed by atoms with Crippen molar-refractivity contribution >= 4 is 29.1 Å².